The highest BCUT2D eigenvalue weighted by molar-refractivity contribution is 6.18. The first-order valence-corrected chi connectivity index (χ1v) is 20.9. The van der Waals surface area contributed by atoms with Crippen LogP contribution in [-0.4, -0.2) is 84.3 Å². The number of amides is 1. The molecule has 3 aliphatic rings. The lowest BCUT2D eigenvalue weighted by molar-refractivity contribution is -0.256. The number of rotatable bonds is 21. The maximum absolute atomic E-state index is 14.6. The van der Waals surface area contributed by atoms with E-state index in [2.05, 4.69) is 43.5 Å². The van der Waals surface area contributed by atoms with Crippen LogP contribution in [0.5, 0.6) is 11.5 Å². The summed E-state index contributed by atoms with van der Waals surface area (Å²) in [4.78, 5) is 22.2. The molecule has 3 aromatic rings. The van der Waals surface area contributed by atoms with Crippen molar-refractivity contribution in [1.29, 1.82) is 0 Å². The molecule has 0 saturated heterocycles. The lowest BCUT2D eigenvalue weighted by Gasteiger charge is -2.59. The molecule has 0 radical (unpaired) electrons. The second kappa shape index (κ2) is 20.4. The SMILES string of the molecule is C=CCOc1ccc2c(c1)C1C(CCCCO)C(CCCCO)C=C3C(=NOCC)CC(N(Cc4cccc5ccccc45)C(=O)OCCCl)C(OCC=C)(O2)C31. The van der Waals surface area contributed by atoms with Crippen molar-refractivity contribution in [1.82, 2.24) is 4.90 Å². The van der Waals surface area contributed by atoms with Crippen LogP contribution < -0.4 is 9.47 Å². The van der Waals surface area contributed by atoms with E-state index in [1.165, 1.54) is 0 Å². The van der Waals surface area contributed by atoms with Crippen LogP contribution in [0.1, 0.15) is 68.9 Å². The first kappa shape index (κ1) is 42.3. The summed E-state index contributed by atoms with van der Waals surface area (Å²) < 4.78 is 26.4. The number of hydrogen-bond acceptors (Lipinski definition) is 9. The highest BCUT2D eigenvalue weighted by Gasteiger charge is 2.65. The van der Waals surface area contributed by atoms with Crippen LogP contribution in [0, 0.1) is 17.8 Å². The Labute approximate surface area is 341 Å². The van der Waals surface area contributed by atoms with Crippen LogP contribution >= 0.6 is 11.6 Å². The van der Waals surface area contributed by atoms with Crippen molar-refractivity contribution in [2.45, 2.75) is 76.2 Å². The Morgan fingerprint density at radius 2 is 1.79 bits per heavy atom. The van der Waals surface area contributed by atoms with Crippen LogP contribution in [0.25, 0.3) is 10.8 Å². The number of fused-ring (bicyclic) bond motifs is 3. The van der Waals surface area contributed by atoms with Gasteiger partial charge in [0.15, 0.2) is 0 Å². The second-order valence-electron chi connectivity index (χ2n) is 14.9. The van der Waals surface area contributed by atoms with E-state index in [-0.39, 0.29) is 63.0 Å². The van der Waals surface area contributed by atoms with Crippen LogP contribution in [0.15, 0.2) is 103 Å². The van der Waals surface area contributed by atoms with Crippen molar-refractivity contribution in [2.75, 3.05) is 45.5 Å². The zero-order valence-electron chi connectivity index (χ0n) is 33.0. The Kier molecular flexibility index (Phi) is 15.1. The lowest BCUT2D eigenvalue weighted by Crippen LogP contribution is -2.70. The number of nitrogens with zero attached hydrogens (tertiary/aromatic N) is 2. The van der Waals surface area contributed by atoms with Crippen LogP contribution in [-0.2, 0) is 20.9 Å². The number of carbonyl (C=O) groups excluding carboxylic acids is 1. The zero-order chi connectivity index (χ0) is 40.2. The van der Waals surface area contributed by atoms with Gasteiger partial charge in [-0.3, -0.25) is 4.90 Å². The van der Waals surface area contributed by atoms with Gasteiger partial charge in [-0.15, -0.1) is 18.2 Å². The van der Waals surface area contributed by atoms with E-state index in [0.717, 1.165) is 58.9 Å². The lowest BCUT2D eigenvalue weighted by atomic mass is 9.55. The highest BCUT2D eigenvalue weighted by atomic mass is 35.5. The van der Waals surface area contributed by atoms with E-state index in [4.69, 9.17) is 40.5 Å². The summed E-state index contributed by atoms with van der Waals surface area (Å²) in [5, 5.41) is 26.6. The van der Waals surface area contributed by atoms with Gasteiger partial charge in [-0.1, -0.05) is 85.3 Å². The summed E-state index contributed by atoms with van der Waals surface area (Å²) in [5.41, 5.74) is 3.59. The molecule has 2 N–H and O–H groups in total. The molecule has 1 saturated carbocycles. The van der Waals surface area contributed by atoms with Crippen LogP contribution in [0.3, 0.4) is 0 Å². The molecule has 306 valence electrons. The summed E-state index contributed by atoms with van der Waals surface area (Å²) in [5.74, 6) is -0.412. The molecule has 6 atom stereocenters. The predicted molar refractivity (Wildman–Crippen MR) is 224 cm³/mol. The molecule has 0 aromatic heterocycles. The minimum Gasteiger partial charge on any atom is -0.490 e. The van der Waals surface area contributed by atoms with Gasteiger partial charge in [-0.05, 0) is 84.6 Å². The fourth-order valence-corrected chi connectivity index (χ4v) is 9.24. The minimum atomic E-state index is -1.43. The number of oxime groups is 1. The molecule has 2 aliphatic carbocycles. The Bertz CT molecular complexity index is 1890. The van der Waals surface area contributed by atoms with E-state index >= 15 is 0 Å². The average Bonchev–Trinajstić information content (AvgIpc) is 3.23. The molecule has 1 aliphatic heterocycles. The van der Waals surface area contributed by atoms with Gasteiger partial charge in [-0.2, -0.15) is 0 Å². The summed E-state index contributed by atoms with van der Waals surface area (Å²) >= 11 is 6.11. The first-order valence-electron chi connectivity index (χ1n) is 20.3. The van der Waals surface area contributed by atoms with Gasteiger partial charge >= 0.3 is 6.09 Å². The maximum Gasteiger partial charge on any atom is 0.410 e. The van der Waals surface area contributed by atoms with Crippen LogP contribution in [0.2, 0.25) is 0 Å². The highest BCUT2D eigenvalue weighted by Crippen LogP contribution is 2.62. The number of hydrogen-bond donors (Lipinski definition) is 2. The number of alkyl halides is 1. The molecule has 1 heterocycles. The standard InChI is InChI=1S/C46H57ClN2O8/c1-4-25-53-35-20-21-41-39(29-35)43-37(19-10-12-24-51)33(15-9-11-23-50)28-38-40(48-56-6-3)30-42(46(57-41,44(38)43)55-26-5-2)49(45(52)54-27-22-47)31-34-17-13-16-32-14-7-8-18-36(32)34/h4-5,7-8,13-14,16-18,20-21,28-29,33,37,42-44,50-51H,1-2,6,9-12,15,19,22-27,30-31H2,3H3. The summed E-state index contributed by atoms with van der Waals surface area (Å²) in [6.45, 7) is 11.1. The number of aliphatic hydroxyl groups excluding tert-OH is 2. The normalized spacial score (nSPS) is 24.1. The number of aliphatic hydroxyl groups is 2. The molecule has 6 rings (SSSR count). The Balaban J connectivity index is 1.61. The minimum absolute atomic E-state index is 0.0242. The van der Waals surface area contributed by atoms with Gasteiger partial charge < -0.3 is 34.0 Å². The molecule has 6 unspecified atom stereocenters. The molecule has 11 heteroatoms. The molecule has 0 spiro atoms. The fourth-order valence-electron chi connectivity index (χ4n) is 9.16. The summed E-state index contributed by atoms with van der Waals surface area (Å²) in [7, 11) is 0. The summed E-state index contributed by atoms with van der Waals surface area (Å²) in [6, 6.07) is 19.4. The van der Waals surface area contributed by atoms with Gasteiger partial charge in [0.25, 0.3) is 0 Å². The number of halogens is 1. The molecular formula is C46H57ClN2O8. The van der Waals surface area contributed by atoms with E-state index in [9.17, 15) is 15.0 Å². The van der Waals surface area contributed by atoms with Gasteiger partial charge in [0, 0.05) is 31.1 Å². The topological polar surface area (TPSA) is 119 Å². The quantitative estimate of drug-likeness (QED) is 0.0475. The third kappa shape index (κ3) is 9.20. The summed E-state index contributed by atoms with van der Waals surface area (Å²) in [6.07, 6.45) is 10.2. The average molecular weight is 801 g/mol. The van der Waals surface area contributed by atoms with Crippen molar-refractivity contribution in [3.63, 3.8) is 0 Å². The number of allylic oxidation sites excluding steroid dienone is 1. The molecule has 1 fully saturated rings. The van der Waals surface area contributed by atoms with Crippen molar-refractivity contribution in [2.24, 2.45) is 22.9 Å². The fraction of sp³-hybridized carbons (Fsp3) is 0.478. The van der Waals surface area contributed by atoms with Crippen molar-refractivity contribution < 1.29 is 38.8 Å². The molecular weight excluding hydrogens is 744 g/mol. The van der Waals surface area contributed by atoms with Crippen molar-refractivity contribution >= 4 is 34.2 Å². The van der Waals surface area contributed by atoms with E-state index in [1.54, 1.807) is 17.1 Å². The number of carbonyl (C=O) groups is 1. The van der Waals surface area contributed by atoms with E-state index in [0.29, 0.717) is 37.6 Å². The van der Waals surface area contributed by atoms with Crippen molar-refractivity contribution in [3.8, 4) is 11.5 Å². The molecule has 0 bridgehead atoms. The Morgan fingerprint density at radius 1 is 1.02 bits per heavy atom. The Hall–Kier alpha value is -4.35. The maximum atomic E-state index is 14.6. The number of benzene rings is 3. The van der Waals surface area contributed by atoms with Crippen molar-refractivity contribution in [3.05, 3.63) is 109 Å². The smallest absolute Gasteiger partial charge is 0.410 e. The largest absolute Gasteiger partial charge is 0.490 e. The third-order valence-corrected chi connectivity index (χ3v) is 11.6. The van der Waals surface area contributed by atoms with E-state index < -0.39 is 23.8 Å². The number of unbranched alkanes of at least 4 members (excludes halogenated alkanes) is 2. The van der Waals surface area contributed by atoms with Gasteiger partial charge in [0.1, 0.15) is 37.4 Å². The first-order chi connectivity index (χ1) is 27.9. The van der Waals surface area contributed by atoms with E-state index in [1.807, 2.05) is 43.3 Å². The zero-order valence-corrected chi connectivity index (χ0v) is 33.8. The monoisotopic (exact) mass is 800 g/mol. The predicted octanol–water partition coefficient (Wildman–Crippen LogP) is 8.94. The van der Waals surface area contributed by atoms with Gasteiger partial charge in [0.05, 0.1) is 30.7 Å². The molecule has 57 heavy (non-hydrogen) atoms. The van der Waals surface area contributed by atoms with Gasteiger partial charge in [0.2, 0.25) is 5.79 Å². The molecule has 3 aromatic carbocycles. The Morgan fingerprint density at radius 3 is 2.54 bits per heavy atom. The number of ether oxygens (including phenoxy) is 4. The second-order valence-corrected chi connectivity index (χ2v) is 15.2. The third-order valence-electron chi connectivity index (χ3n) is 11.5. The molecule has 1 amide bonds. The van der Waals surface area contributed by atoms with Crippen LogP contribution in [0.4, 0.5) is 4.79 Å². The molecule has 10 nitrogen and oxygen atoms in total. The van der Waals surface area contributed by atoms with Gasteiger partial charge in [-0.25, -0.2) is 4.79 Å².